The minimum absolute atomic E-state index is 0.0904. The lowest BCUT2D eigenvalue weighted by Gasteiger charge is -2.33. The number of Topliss-reactive ketones (excluding diaryl/α,β-unsaturated/α-hetero) is 1. The SMILES string of the molecule is CCOC(OCC)C(CC(=O)[C@@](C)(OCOCCOC)c1cc(OC)c(C)cc1OCc1ccccc1)Sc1ccccc1. The van der Waals surface area contributed by atoms with Gasteiger partial charge in [0.15, 0.2) is 17.7 Å². The second-order valence-electron chi connectivity index (χ2n) is 10.2. The molecule has 0 aliphatic heterocycles. The molecule has 8 nitrogen and oxygen atoms in total. The molecule has 0 aromatic heterocycles. The van der Waals surface area contributed by atoms with Crippen molar-refractivity contribution in [3.8, 4) is 11.5 Å². The van der Waals surface area contributed by atoms with Crippen LogP contribution in [0.5, 0.6) is 11.5 Å². The van der Waals surface area contributed by atoms with E-state index in [0.717, 1.165) is 16.0 Å². The highest BCUT2D eigenvalue weighted by Crippen LogP contribution is 2.41. The van der Waals surface area contributed by atoms with Crippen molar-refractivity contribution in [1.29, 1.82) is 0 Å². The molecule has 44 heavy (non-hydrogen) atoms. The molecule has 0 saturated heterocycles. The minimum Gasteiger partial charge on any atom is -0.496 e. The highest BCUT2D eigenvalue weighted by molar-refractivity contribution is 8.00. The molecule has 9 heteroatoms. The summed E-state index contributed by atoms with van der Waals surface area (Å²) < 4.78 is 41.2. The molecular weight excluding hydrogens is 580 g/mol. The second-order valence-corrected chi connectivity index (χ2v) is 11.5. The van der Waals surface area contributed by atoms with Crippen LogP contribution in [0.4, 0.5) is 0 Å². The van der Waals surface area contributed by atoms with E-state index in [1.807, 2.05) is 93.6 Å². The van der Waals surface area contributed by atoms with Crippen LogP contribution in [0.3, 0.4) is 0 Å². The largest absolute Gasteiger partial charge is 0.496 e. The molecule has 2 atom stereocenters. The van der Waals surface area contributed by atoms with E-state index in [-0.39, 0.29) is 24.2 Å². The first kappa shape index (κ1) is 35.6. The summed E-state index contributed by atoms with van der Waals surface area (Å²) in [5.41, 5.74) is 0.956. The Morgan fingerprint density at radius 3 is 2.16 bits per heavy atom. The van der Waals surface area contributed by atoms with Gasteiger partial charge in [-0.05, 0) is 63.1 Å². The molecule has 0 saturated carbocycles. The summed E-state index contributed by atoms with van der Waals surface area (Å²) in [6, 6.07) is 23.5. The van der Waals surface area contributed by atoms with Crippen molar-refractivity contribution in [3.63, 3.8) is 0 Å². The van der Waals surface area contributed by atoms with Crippen LogP contribution in [0.2, 0.25) is 0 Å². The van der Waals surface area contributed by atoms with E-state index in [1.54, 1.807) is 32.9 Å². The third-order valence-corrected chi connectivity index (χ3v) is 8.26. The van der Waals surface area contributed by atoms with Gasteiger partial charge in [0, 0.05) is 37.2 Å². The first-order valence-corrected chi connectivity index (χ1v) is 15.8. The van der Waals surface area contributed by atoms with Crippen molar-refractivity contribution in [3.05, 3.63) is 89.5 Å². The fraction of sp³-hybridized carbons (Fsp3) is 0.457. The van der Waals surface area contributed by atoms with Gasteiger partial charge in [-0.25, -0.2) is 0 Å². The van der Waals surface area contributed by atoms with Crippen molar-refractivity contribution < 1.29 is 38.0 Å². The Morgan fingerprint density at radius 2 is 1.55 bits per heavy atom. The number of ether oxygens (including phenoxy) is 7. The number of rotatable bonds is 21. The molecule has 0 radical (unpaired) electrons. The Bertz CT molecular complexity index is 1250. The zero-order valence-corrected chi connectivity index (χ0v) is 27.5. The van der Waals surface area contributed by atoms with Crippen LogP contribution < -0.4 is 9.47 Å². The molecule has 1 unspecified atom stereocenters. The molecule has 0 amide bonds. The van der Waals surface area contributed by atoms with Crippen LogP contribution >= 0.6 is 11.8 Å². The molecule has 0 aliphatic carbocycles. The smallest absolute Gasteiger partial charge is 0.170 e. The van der Waals surface area contributed by atoms with Gasteiger partial charge in [-0.2, -0.15) is 0 Å². The van der Waals surface area contributed by atoms with Gasteiger partial charge >= 0.3 is 0 Å². The average Bonchev–Trinajstić information content (AvgIpc) is 3.04. The number of carbonyl (C=O) groups is 1. The van der Waals surface area contributed by atoms with Gasteiger partial charge in [-0.3, -0.25) is 4.79 Å². The maximum Gasteiger partial charge on any atom is 0.170 e. The van der Waals surface area contributed by atoms with Crippen LogP contribution in [-0.2, 0) is 40.7 Å². The van der Waals surface area contributed by atoms with Crippen molar-refractivity contribution >= 4 is 17.5 Å². The third-order valence-electron chi connectivity index (χ3n) is 7.03. The van der Waals surface area contributed by atoms with Crippen molar-refractivity contribution in [1.82, 2.24) is 0 Å². The van der Waals surface area contributed by atoms with Crippen LogP contribution in [-0.4, -0.2) is 64.8 Å². The van der Waals surface area contributed by atoms with Gasteiger partial charge in [0.1, 0.15) is 24.9 Å². The number of benzene rings is 3. The molecule has 0 heterocycles. The second kappa shape index (κ2) is 18.8. The molecule has 240 valence electrons. The highest BCUT2D eigenvalue weighted by atomic mass is 32.2. The Labute approximate surface area is 266 Å². The summed E-state index contributed by atoms with van der Waals surface area (Å²) in [4.78, 5) is 15.6. The lowest BCUT2D eigenvalue weighted by molar-refractivity contribution is -0.171. The fourth-order valence-corrected chi connectivity index (χ4v) is 5.78. The minimum atomic E-state index is -1.46. The molecule has 0 N–H and O–H groups in total. The third kappa shape index (κ3) is 10.3. The summed E-state index contributed by atoms with van der Waals surface area (Å²) in [5, 5.41) is -0.358. The van der Waals surface area contributed by atoms with Crippen LogP contribution in [0.1, 0.15) is 43.9 Å². The molecule has 0 aliphatic rings. The predicted molar refractivity (Wildman–Crippen MR) is 172 cm³/mol. The zero-order chi connectivity index (χ0) is 31.8. The Hall–Kier alpha value is -2.92. The summed E-state index contributed by atoms with van der Waals surface area (Å²) >= 11 is 1.54. The monoisotopic (exact) mass is 626 g/mol. The van der Waals surface area contributed by atoms with E-state index in [9.17, 15) is 4.79 Å². The number of hydrogen-bond donors (Lipinski definition) is 0. The van der Waals surface area contributed by atoms with Crippen molar-refractivity contribution in [2.24, 2.45) is 0 Å². The summed E-state index contributed by atoms with van der Waals surface area (Å²) in [7, 11) is 3.20. The summed E-state index contributed by atoms with van der Waals surface area (Å²) in [6.07, 6.45) is -0.518. The molecule has 0 fully saturated rings. The normalized spacial score (nSPS) is 13.4. The van der Waals surface area contributed by atoms with Crippen molar-refractivity contribution in [2.45, 2.75) is 62.8 Å². The number of aryl methyl sites for hydroxylation is 1. The number of carbonyl (C=O) groups excluding carboxylic acids is 1. The maximum atomic E-state index is 14.6. The van der Waals surface area contributed by atoms with Crippen LogP contribution in [0.25, 0.3) is 0 Å². The van der Waals surface area contributed by atoms with Gasteiger partial charge in [-0.1, -0.05) is 48.5 Å². The van der Waals surface area contributed by atoms with Gasteiger partial charge in [0.05, 0.1) is 25.6 Å². The van der Waals surface area contributed by atoms with E-state index in [1.165, 1.54) is 0 Å². The van der Waals surface area contributed by atoms with Crippen molar-refractivity contribution in [2.75, 3.05) is 47.4 Å². The van der Waals surface area contributed by atoms with E-state index in [0.29, 0.717) is 50.1 Å². The quantitative estimate of drug-likeness (QED) is 0.0709. The fourth-order valence-electron chi connectivity index (χ4n) is 4.61. The average molecular weight is 627 g/mol. The topological polar surface area (TPSA) is 81.7 Å². The van der Waals surface area contributed by atoms with Gasteiger partial charge in [-0.15, -0.1) is 11.8 Å². The lowest BCUT2D eigenvalue weighted by Crippen LogP contribution is -2.41. The number of thioether (sulfide) groups is 1. The predicted octanol–water partition coefficient (Wildman–Crippen LogP) is 6.95. The Balaban J connectivity index is 2.03. The molecule has 3 rings (SSSR count). The molecule has 3 aromatic carbocycles. The zero-order valence-electron chi connectivity index (χ0n) is 26.7. The van der Waals surface area contributed by atoms with Gasteiger partial charge in [0.25, 0.3) is 0 Å². The van der Waals surface area contributed by atoms with E-state index in [4.69, 9.17) is 33.2 Å². The molecule has 3 aromatic rings. The van der Waals surface area contributed by atoms with E-state index in [2.05, 4.69) is 0 Å². The first-order chi connectivity index (χ1) is 21.4. The number of hydrogen-bond acceptors (Lipinski definition) is 9. The van der Waals surface area contributed by atoms with Crippen LogP contribution in [0.15, 0.2) is 77.7 Å². The summed E-state index contributed by atoms with van der Waals surface area (Å²) in [6.45, 7) is 9.32. The lowest BCUT2D eigenvalue weighted by atomic mass is 9.87. The van der Waals surface area contributed by atoms with Gasteiger partial charge in [0.2, 0.25) is 0 Å². The van der Waals surface area contributed by atoms with E-state index >= 15 is 0 Å². The van der Waals surface area contributed by atoms with Gasteiger partial charge < -0.3 is 33.2 Å². The first-order valence-electron chi connectivity index (χ1n) is 14.9. The summed E-state index contributed by atoms with van der Waals surface area (Å²) in [5.74, 6) is 0.964. The maximum absolute atomic E-state index is 14.6. The standard InChI is InChI=1S/C35H46O8S/c1-7-40-34(41-8-2)32(44-28-17-13-10-14-18-28)23-33(36)35(4,43-25-39-20-19-37-5)29-22-30(38-6)26(3)21-31(29)42-24-27-15-11-9-12-16-27/h9-18,21-22,32,34H,7-8,19-20,23-25H2,1-6H3/t32?,35-/m0/s1. The number of ketones is 1. The van der Waals surface area contributed by atoms with E-state index < -0.39 is 11.9 Å². The van der Waals surface area contributed by atoms with Crippen LogP contribution in [0, 0.1) is 6.92 Å². The number of methoxy groups -OCH3 is 2. The highest BCUT2D eigenvalue weighted by Gasteiger charge is 2.42. The Kier molecular flexibility index (Phi) is 15.2. The molecule has 0 bridgehead atoms. The molecule has 0 spiro atoms. The molecular formula is C35H46O8S. The Morgan fingerprint density at radius 1 is 0.886 bits per heavy atom.